The van der Waals surface area contributed by atoms with Crippen molar-refractivity contribution in [2.45, 2.75) is 19.3 Å². The summed E-state index contributed by atoms with van der Waals surface area (Å²) in [5, 5.41) is 0. The maximum atomic E-state index is 12.0. The molecule has 1 aliphatic heterocycles. The lowest BCUT2D eigenvalue weighted by atomic mass is 10.1. The molecule has 1 saturated heterocycles. The first-order valence-corrected chi connectivity index (χ1v) is 6.76. The molecule has 1 fully saturated rings. The first-order valence-electron chi connectivity index (χ1n) is 6.76. The number of amides is 1. The van der Waals surface area contributed by atoms with Gasteiger partial charge in [-0.25, -0.2) is 0 Å². The van der Waals surface area contributed by atoms with Crippen LogP contribution < -0.4 is 0 Å². The SMILES string of the molecule is CN(CCc1ccccc1)C(=O)CN1CCCC1. The summed E-state index contributed by atoms with van der Waals surface area (Å²) in [5.41, 5.74) is 1.29. The molecule has 1 amide bonds. The van der Waals surface area contributed by atoms with Crippen LogP contribution in [0.5, 0.6) is 0 Å². The molecule has 98 valence electrons. The van der Waals surface area contributed by atoms with Crippen molar-refractivity contribution >= 4 is 5.91 Å². The molecule has 0 aliphatic carbocycles. The lowest BCUT2D eigenvalue weighted by Crippen LogP contribution is -2.38. The number of hydrogen-bond donors (Lipinski definition) is 0. The quantitative estimate of drug-likeness (QED) is 0.790. The summed E-state index contributed by atoms with van der Waals surface area (Å²) < 4.78 is 0. The van der Waals surface area contributed by atoms with Gasteiger partial charge < -0.3 is 4.90 Å². The van der Waals surface area contributed by atoms with Crippen molar-refractivity contribution in [2.24, 2.45) is 0 Å². The molecular weight excluding hydrogens is 224 g/mol. The van der Waals surface area contributed by atoms with E-state index in [1.54, 1.807) is 0 Å². The van der Waals surface area contributed by atoms with Crippen LogP contribution in [0.2, 0.25) is 0 Å². The van der Waals surface area contributed by atoms with Crippen molar-refractivity contribution < 1.29 is 4.79 Å². The zero-order valence-corrected chi connectivity index (χ0v) is 11.1. The molecule has 1 heterocycles. The molecule has 18 heavy (non-hydrogen) atoms. The minimum Gasteiger partial charge on any atom is -0.344 e. The summed E-state index contributed by atoms with van der Waals surface area (Å²) in [6.07, 6.45) is 3.41. The van der Waals surface area contributed by atoms with Gasteiger partial charge in [0.1, 0.15) is 0 Å². The van der Waals surface area contributed by atoms with Gasteiger partial charge in [-0.1, -0.05) is 30.3 Å². The van der Waals surface area contributed by atoms with E-state index in [4.69, 9.17) is 0 Å². The highest BCUT2D eigenvalue weighted by Gasteiger charge is 2.17. The fourth-order valence-electron chi connectivity index (χ4n) is 2.32. The monoisotopic (exact) mass is 246 g/mol. The molecule has 0 aromatic heterocycles. The van der Waals surface area contributed by atoms with Crippen molar-refractivity contribution in [1.82, 2.24) is 9.80 Å². The largest absolute Gasteiger partial charge is 0.344 e. The van der Waals surface area contributed by atoms with Crippen molar-refractivity contribution in [3.8, 4) is 0 Å². The van der Waals surface area contributed by atoms with Gasteiger partial charge in [0.25, 0.3) is 0 Å². The van der Waals surface area contributed by atoms with Crippen molar-refractivity contribution in [2.75, 3.05) is 33.2 Å². The van der Waals surface area contributed by atoms with Gasteiger partial charge in [-0.2, -0.15) is 0 Å². The number of rotatable bonds is 5. The number of likely N-dealkylation sites (N-methyl/N-ethyl adjacent to an activating group) is 1. The van der Waals surface area contributed by atoms with Crippen molar-refractivity contribution in [1.29, 1.82) is 0 Å². The van der Waals surface area contributed by atoms with Crippen LogP contribution >= 0.6 is 0 Å². The molecule has 2 rings (SSSR count). The van der Waals surface area contributed by atoms with E-state index in [0.717, 1.165) is 26.1 Å². The lowest BCUT2D eigenvalue weighted by molar-refractivity contribution is -0.130. The Bertz CT molecular complexity index is 371. The third-order valence-corrected chi connectivity index (χ3v) is 3.56. The number of likely N-dealkylation sites (tertiary alicyclic amines) is 1. The Morgan fingerprint density at radius 1 is 1.22 bits per heavy atom. The van der Waals surface area contributed by atoms with Crippen LogP contribution in [0.4, 0.5) is 0 Å². The Morgan fingerprint density at radius 3 is 2.56 bits per heavy atom. The van der Waals surface area contributed by atoms with Gasteiger partial charge in [-0.3, -0.25) is 9.69 Å². The minimum atomic E-state index is 0.243. The van der Waals surface area contributed by atoms with Crippen LogP contribution in [-0.2, 0) is 11.2 Å². The molecule has 0 saturated carbocycles. The van der Waals surface area contributed by atoms with E-state index in [-0.39, 0.29) is 5.91 Å². The number of nitrogens with zero attached hydrogens (tertiary/aromatic N) is 2. The maximum Gasteiger partial charge on any atom is 0.236 e. The maximum absolute atomic E-state index is 12.0. The van der Waals surface area contributed by atoms with E-state index in [1.807, 2.05) is 30.1 Å². The summed E-state index contributed by atoms with van der Waals surface area (Å²) in [6, 6.07) is 10.3. The predicted molar refractivity (Wildman–Crippen MR) is 73.5 cm³/mol. The summed E-state index contributed by atoms with van der Waals surface area (Å²) in [5.74, 6) is 0.243. The molecule has 1 aromatic rings. The molecule has 1 aliphatic rings. The van der Waals surface area contributed by atoms with Gasteiger partial charge in [0.15, 0.2) is 0 Å². The number of benzene rings is 1. The third-order valence-electron chi connectivity index (χ3n) is 3.56. The van der Waals surface area contributed by atoms with Gasteiger partial charge in [0, 0.05) is 13.6 Å². The second-order valence-electron chi connectivity index (χ2n) is 5.03. The number of carbonyl (C=O) groups is 1. The van der Waals surface area contributed by atoms with Crippen molar-refractivity contribution in [3.05, 3.63) is 35.9 Å². The Morgan fingerprint density at radius 2 is 1.89 bits per heavy atom. The standard InChI is InChI=1S/C15H22N2O/c1-16(12-9-14-7-3-2-4-8-14)15(18)13-17-10-5-6-11-17/h2-4,7-8H,5-6,9-13H2,1H3. The smallest absolute Gasteiger partial charge is 0.236 e. The van der Waals surface area contributed by atoms with Crippen LogP contribution in [-0.4, -0.2) is 48.9 Å². The molecule has 0 radical (unpaired) electrons. The van der Waals surface area contributed by atoms with Gasteiger partial charge in [-0.15, -0.1) is 0 Å². The van der Waals surface area contributed by atoms with Gasteiger partial charge >= 0.3 is 0 Å². The van der Waals surface area contributed by atoms with E-state index >= 15 is 0 Å². The molecule has 3 nitrogen and oxygen atoms in total. The summed E-state index contributed by atoms with van der Waals surface area (Å²) in [4.78, 5) is 16.1. The Balaban J connectivity index is 1.73. The van der Waals surface area contributed by atoms with E-state index in [0.29, 0.717) is 6.54 Å². The first-order chi connectivity index (χ1) is 8.75. The molecule has 1 aromatic carbocycles. The summed E-state index contributed by atoms with van der Waals surface area (Å²) in [7, 11) is 1.90. The lowest BCUT2D eigenvalue weighted by Gasteiger charge is -2.21. The highest BCUT2D eigenvalue weighted by molar-refractivity contribution is 5.78. The average molecular weight is 246 g/mol. The van der Waals surface area contributed by atoms with Crippen molar-refractivity contribution in [3.63, 3.8) is 0 Å². The highest BCUT2D eigenvalue weighted by Crippen LogP contribution is 2.07. The van der Waals surface area contributed by atoms with Crippen LogP contribution in [0, 0.1) is 0 Å². The van der Waals surface area contributed by atoms with E-state index < -0.39 is 0 Å². The second-order valence-corrected chi connectivity index (χ2v) is 5.03. The van der Waals surface area contributed by atoms with Gasteiger partial charge in [0.05, 0.1) is 6.54 Å². The van der Waals surface area contributed by atoms with Gasteiger partial charge in [0.2, 0.25) is 5.91 Å². The van der Waals surface area contributed by atoms with Gasteiger partial charge in [-0.05, 0) is 37.9 Å². The van der Waals surface area contributed by atoms with Crippen LogP contribution in [0.3, 0.4) is 0 Å². The second kappa shape index (κ2) is 6.55. The molecule has 0 spiro atoms. The Kier molecular flexibility index (Phi) is 4.76. The van der Waals surface area contributed by atoms with E-state index in [1.165, 1.54) is 18.4 Å². The molecule has 0 atom stereocenters. The van der Waals surface area contributed by atoms with Crippen LogP contribution in [0.25, 0.3) is 0 Å². The normalized spacial score (nSPS) is 15.8. The zero-order chi connectivity index (χ0) is 12.8. The minimum absolute atomic E-state index is 0.243. The third kappa shape index (κ3) is 3.84. The molecular formula is C15H22N2O. The molecule has 0 N–H and O–H groups in total. The van der Waals surface area contributed by atoms with Crippen LogP contribution in [0.15, 0.2) is 30.3 Å². The molecule has 0 bridgehead atoms. The zero-order valence-electron chi connectivity index (χ0n) is 11.1. The first kappa shape index (κ1) is 13.1. The summed E-state index contributed by atoms with van der Waals surface area (Å²) >= 11 is 0. The predicted octanol–water partition coefficient (Wildman–Crippen LogP) is 1.78. The molecule has 3 heteroatoms. The van der Waals surface area contributed by atoms with E-state index in [9.17, 15) is 4.79 Å². The number of hydrogen-bond acceptors (Lipinski definition) is 2. The average Bonchev–Trinajstić information content (AvgIpc) is 2.90. The van der Waals surface area contributed by atoms with E-state index in [2.05, 4.69) is 17.0 Å². The van der Waals surface area contributed by atoms with Crippen LogP contribution in [0.1, 0.15) is 18.4 Å². The molecule has 0 unspecified atom stereocenters. The Hall–Kier alpha value is -1.35. The fourth-order valence-corrected chi connectivity index (χ4v) is 2.32. The summed E-state index contributed by atoms with van der Waals surface area (Å²) in [6.45, 7) is 3.55. The number of carbonyl (C=O) groups excluding carboxylic acids is 1. The topological polar surface area (TPSA) is 23.6 Å². The Labute approximate surface area is 109 Å². The fraction of sp³-hybridized carbons (Fsp3) is 0.533. The highest BCUT2D eigenvalue weighted by atomic mass is 16.2.